The number of aliphatic imine (C=N–C) groups is 1. The fraction of sp³-hybridized carbons (Fsp3) is 0.533. The van der Waals surface area contributed by atoms with Crippen molar-refractivity contribution in [2.45, 2.75) is 19.6 Å². The molecule has 0 radical (unpaired) electrons. The van der Waals surface area contributed by atoms with Crippen LogP contribution in [0.3, 0.4) is 0 Å². The van der Waals surface area contributed by atoms with Gasteiger partial charge in [0, 0.05) is 58.2 Å². The fourth-order valence-corrected chi connectivity index (χ4v) is 2.81. The Bertz CT molecular complexity index is 684. The van der Waals surface area contributed by atoms with E-state index in [1.807, 2.05) is 6.07 Å². The van der Waals surface area contributed by atoms with Gasteiger partial charge < -0.3 is 14.7 Å². The molecule has 0 aromatic carbocycles. The molecule has 1 saturated heterocycles. The van der Waals surface area contributed by atoms with Crippen LogP contribution in [-0.2, 0) is 13.1 Å². The Labute approximate surface area is 167 Å². The predicted octanol–water partition coefficient (Wildman–Crippen LogP) is 1.78. The van der Waals surface area contributed by atoms with Crippen LogP contribution in [0, 0.1) is 0 Å². The minimum atomic E-state index is -2.60. The largest absolute Gasteiger partial charge is 0.364 e. The summed E-state index contributed by atoms with van der Waals surface area (Å²) in [6, 6.07) is 1.86. The van der Waals surface area contributed by atoms with Crippen LogP contribution in [0.4, 0.5) is 8.78 Å². The van der Waals surface area contributed by atoms with Gasteiger partial charge in [0.1, 0.15) is 12.1 Å². The summed E-state index contributed by atoms with van der Waals surface area (Å²) in [5.41, 5.74) is 0.912. The average molecular weight is 481 g/mol. The van der Waals surface area contributed by atoms with E-state index < -0.39 is 6.55 Å². The molecule has 2 aromatic heterocycles. The van der Waals surface area contributed by atoms with Crippen molar-refractivity contribution in [1.82, 2.24) is 29.8 Å². The number of guanidine groups is 1. The van der Waals surface area contributed by atoms with Gasteiger partial charge in [0.25, 0.3) is 0 Å². The van der Waals surface area contributed by atoms with Crippen LogP contribution < -0.4 is 5.32 Å². The summed E-state index contributed by atoms with van der Waals surface area (Å²) >= 11 is 0. The molecule has 0 unspecified atom stereocenters. The summed E-state index contributed by atoms with van der Waals surface area (Å²) in [5, 5.41) is 7.03. The SMILES string of the molecule is CN=C(NCc1nccn1C(F)F)N1CCN(Cc2ccon2)CC1.I. The van der Waals surface area contributed by atoms with E-state index in [1.165, 1.54) is 12.4 Å². The first-order valence-corrected chi connectivity index (χ1v) is 8.04. The van der Waals surface area contributed by atoms with Crippen LogP contribution in [0.25, 0.3) is 0 Å². The predicted molar refractivity (Wildman–Crippen MR) is 102 cm³/mol. The summed E-state index contributed by atoms with van der Waals surface area (Å²) in [6.45, 7) is 1.66. The van der Waals surface area contributed by atoms with Crippen LogP contribution in [-0.4, -0.2) is 63.7 Å². The standard InChI is InChI=1S/C15H21F2N7O.HI/c1-18-15(20-10-13-19-3-4-24(13)14(16)17)23-7-5-22(6-8-23)11-12-2-9-25-21-12;/h2-4,9,14H,5-8,10-11H2,1H3,(H,18,20);1H. The zero-order chi connectivity index (χ0) is 17.6. The lowest BCUT2D eigenvalue weighted by molar-refractivity contribution is 0.0668. The Morgan fingerprint density at radius 2 is 2.12 bits per heavy atom. The smallest absolute Gasteiger partial charge is 0.319 e. The molecular weight excluding hydrogens is 459 g/mol. The lowest BCUT2D eigenvalue weighted by Gasteiger charge is -2.36. The molecule has 2 aromatic rings. The molecule has 1 N–H and O–H groups in total. The molecule has 1 aliphatic rings. The molecule has 0 saturated carbocycles. The lowest BCUT2D eigenvalue weighted by atomic mass is 10.3. The lowest BCUT2D eigenvalue weighted by Crippen LogP contribution is -2.52. The molecule has 3 heterocycles. The molecule has 1 aliphatic heterocycles. The summed E-state index contributed by atoms with van der Waals surface area (Å²) < 4.78 is 31.4. The Morgan fingerprint density at radius 3 is 2.73 bits per heavy atom. The Balaban J connectivity index is 0.00000243. The van der Waals surface area contributed by atoms with Crippen molar-refractivity contribution in [3.05, 3.63) is 36.2 Å². The van der Waals surface area contributed by atoms with Crippen molar-refractivity contribution in [2.24, 2.45) is 4.99 Å². The second-order valence-electron chi connectivity index (χ2n) is 5.68. The fourth-order valence-electron chi connectivity index (χ4n) is 2.81. The third kappa shape index (κ3) is 5.13. The van der Waals surface area contributed by atoms with Gasteiger partial charge in [-0.25, -0.2) is 4.98 Å². The van der Waals surface area contributed by atoms with Crippen molar-refractivity contribution in [2.75, 3.05) is 33.2 Å². The third-order valence-electron chi connectivity index (χ3n) is 4.12. The van der Waals surface area contributed by atoms with Crippen molar-refractivity contribution >= 4 is 29.9 Å². The van der Waals surface area contributed by atoms with E-state index in [0.29, 0.717) is 5.96 Å². The maximum absolute atomic E-state index is 12.9. The monoisotopic (exact) mass is 481 g/mol. The van der Waals surface area contributed by atoms with Crippen molar-refractivity contribution in [3.63, 3.8) is 0 Å². The molecular formula is C15H22F2IN7O. The zero-order valence-corrected chi connectivity index (χ0v) is 16.7. The number of hydrogen-bond acceptors (Lipinski definition) is 5. The number of nitrogens with zero attached hydrogens (tertiary/aromatic N) is 6. The first kappa shape index (κ1) is 20.6. The highest BCUT2D eigenvalue weighted by Gasteiger charge is 2.21. The quantitative estimate of drug-likeness (QED) is 0.399. The molecule has 144 valence electrons. The summed E-state index contributed by atoms with van der Waals surface area (Å²) in [6.07, 6.45) is 4.21. The number of piperazine rings is 1. The molecule has 0 atom stereocenters. The highest BCUT2D eigenvalue weighted by Crippen LogP contribution is 2.12. The minimum Gasteiger partial charge on any atom is -0.364 e. The molecule has 26 heavy (non-hydrogen) atoms. The second-order valence-corrected chi connectivity index (χ2v) is 5.68. The molecule has 0 bridgehead atoms. The highest BCUT2D eigenvalue weighted by molar-refractivity contribution is 14.0. The summed E-state index contributed by atoms with van der Waals surface area (Å²) in [5.74, 6) is 0.964. The van der Waals surface area contributed by atoms with Gasteiger partial charge in [-0.1, -0.05) is 5.16 Å². The van der Waals surface area contributed by atoms with E-state index in [-0.39, 0.29) is 36.3 Å². The van der Waals surface area contributed by atoms with Gasteiger partial charge >= 0.3 is 6.55 Å². The number of nitrogens with one attached hydrogen (secondary N) is 1. The van der Waals surface area contributed by atoms with Crippen LogP contribution in [0.5, 0.6) is 0 Å². The topological polar surface area (TPSA) is 74.7 Å². The van der Waals surface area contributed by atoms with Gasteiger partial charge in [-0.3, -0.25) is 14.5 Å². The van der Waals surface area contributed by atoms with E-state index in [9.17, 15) is 8.78 Å². The third-order valence-corrected chi connectivity index (χ3v) is 4.12. The summed E-state index contributed by atoms with van der Waals surface area (Å²) in [7, 11) is 1.68. The molecule has 8 nitrogen and oxygen atoms in total. The minimum absolute atomic E-state index is 0. The van der Waals surface area contributed by atoms with E-state index in [0.717, 1.165) is 43.0 Å². The van der Waals surface area contributed by atoms with Gasteiger partial charge in [-0.05, 0) is 0 Å². The zero-order valence-electron chi connectivity index (χ0n) is 14.4. The van der Waals surface area contributed by atoms with Gasteiger partial charge in [-0.2, -0.15) is 8.78 Å². The molecule has 11 heteroatoms. The Morgan fingerprint density at radius 1 is 1.35 bits per heavy atom. The van der Waals surface area contributed by atoms with Crippen molar-refractivity contribution < 1.29 is 13.3 Å². The van der Waals surface area contributed by atoms with Crippen LogP contribution >= 0.6 is 24.0 Å². The molecule has 3 rings (SSSR count). The number of hydrogen-bond donors (Lipinski definition) is 1. The number of imidazole rings is 1. The highest BCUT2D eigenvalue weighted by atomic mass is 127. The van der Waals surface area contributed by atoms with E-state index >= 15 is 0 Å². The molecule has 0 aliphatic carbocycles. The molecule has 1 fully saturated rings. The normalized spacial score (nSPS) is 16.0. The van der Waals surface area contributed by atoms with Gasteiger partial charge in [0.2, 0.25) is 0 Å². The first-order valence-electron chi connectivity index (χ1n) is 8.04. The number of halogens is 3. The molecule has 0 spiro atoms. The summed E-state index contributed by atoms with van der Waals surface area (Å²) in [4.78, 5) is 12.6. The van der Waals surface area contributed by atoms with Gasteiger partial charge in [-0.15, -0.1) is 24.0 Å². The van der Waals surface area contributed by atoms with Crippen LogP contribution in [0.1, 0.15) is 18.1 Å². The van der Waals surface area contributed by atoms with Crippen molar-refractivity contribution in [3.8, 4) is 0 Å². The number of alkyl halides is 2. The first-order chi connectivity index (χ1) is 12.2. The number of rotatable bonds is 5. The van der Waals surface area contributed by atoms with Crippen molar-refractivity contribution in [1.29, 1.82) is 0 Å². The van der Waals surface area contributed by atoms with E-state index in [4.69, 9.17) is 4.52 Å². The average Bonchev–Trinajstić information content (AvgIpc) is 3.28. The Kier molecular flexibility index (Phi) is 7.75. The van der Waals surface area contributed by atoms with E-state index in [1.54, 1.807) is 13.3 Å². The maximum atomic E-state index is 12.9. The second kappa shape index (κ2) is 9.80. The Hall–Kier alpha value is -1.76. The van der Waals surface area contributed by atoms with Crippen LogP contribution in [0.2, 0.25) is 0 Å². The van der Waals surface area contributed by atoms with Gasteiger partial charge in [0.15, 0.2) is 5.96 Å². The molecule has 0 amide bonds. The van der Waals surface area contributed by atoms with E-state index in [2.05, 4.69) is 30.2 Å². The number of aromatic nitrogens is 3. The maximum Gasteiger partial charge on any atom is 0.319 e. The van der Waals surface area contributed by atoms with Crippen LogP contribution in [0.15, 0.2) is 34.2 Å². The van der Waals surface area contributed by atoms with Gasteiger partial charge in [0.05, 0.1) is 12.2 Å².